The molecule has 0 aliphatic heterocycles. The quantitative estimate of drug-likeness (QED) is 0.635. The minimum Gasteiger partial charge on any atom is -0.478 e. The fraction of sp³-hybridized carbons (Fsp3) is 0.667. The molecule has 1 N–H and O–H groups in total. The van der Waals surface area contributed by atoms with Crippen LogP contribution in [0.5, 0.6) is 0 Å². The highest BCUT2D eigenvalue weighted by Crippen LogP contribution is 2.09. The fourth-order valence-corrected chi connectivity index (χ4v) is 0.802. The maximum Gasteiger partial charge on any atom is 0.331 e. The zero-order valence-electron chi connectivity index (χ0n) is 7.42. The van der Waals surface area contributed by atoms with Gasteiger partial charge in [0.1, 0.15) is 0 Å². The summed E-state index contributed by atoms with van der Waals surface area (Å²) in [5, 5.41) is 8.65. The van der Waals surface area contributed by atoms with Crippen molar-refractivity contribution >= 4 is 5.97 Å². The molecular formula is C9H16O2. The van der Waals surface area contributed by atoms with E-state index >= 15 is 0 Å². The molecule has 0 aromatic carbocycles. The van der Waals surface area contributed by atoms with Gasteiger partial charge in [0.15, 0.2) is 0 Å². The Morgan fingerprint density at radius 2 is 2.09 bits per heavy atom. The van der Waals surface area contributed by atoms with Crippen LogP contribution in [0, 0.1) is 5.92 Å². The average Bonchev–Trinajstić information content (AvgIpc) is 1.99. The number of rotatable bonds is 4. The molecule has 2 heteroatoms. The van der Waals surface area contributed by atoms with Crippen LogP contribution in [0.4, 0.5) is 0 Å². The molecule has 0 fully saturated rings. The maximum absolute atomic E-state index is 10.5. The minimum absolute atomic E-state index is 0.376. The summed E-state index contributed by atoms with van der Waals surface area (Å²) in [6.45, 7) is 5.94. The van der Waals surface area contributed by atoms with Gasteiger partial charge in [0, 0.05) is 5.57 Å². The van der Waals surface area contributed by atoms with E-state index in [9.17, 15) is 4.79 Å². The molecule has 0 heterocycles. The normalized spacial score (nSPS) is 14.6. The Hall–Kier alpha value is -0.790. The Morgan fingerprint density at radius 1 is 1.55 bits per heavy atom. The molecule has 0 rings (SSSR count). The van der Waals surface area contributed by atoms with E-state index in [1.165, 1.54) is 0 Å². The summed E-state index contributed by atoms with van der Waals surface area (Å²) < 4.78 is 0. The Labute approximate surface area is 67.9 Å². The number of aliphatic carboxylic acids is 1. The monoisotopic (exact) mass is 156 g/mol. The molecule has 0 radical (unpaired) electrons. The molecule has 0 bridgehead atoms. The van der Waals surface area contributed by atoms with Gasteiger partial charge in [-0.25, -0.2) is 4.79 Å². The van der Waals surface area contributed by atoms with E-state index in [2.05, 4.69) is 6.92 Å². The smallest absolute Gasteiger partial charge is 0.331 e. The molecule has 1 atom stereocenters. The molecule has 64 valence electrons. The van der Waals surface area contributed by atoms with E-state index in [0.29, 0.717) is 17.9 Å². The first-order valence-corrected chi connectivity index (χ1v) is 4.05. The van der Waals surface area contributed by atoms with Crippen LogP contribution in [-0.2, 0) is 4.79 Å². The van der Waals surface area contributed by atoms with Gasteiger partial charge >= 0.3 is 5.97 Å². The van der Waals surface area contributed by atoms with Crippen LogP contribution >= 0.6 is 0 Å². The van der Waals surface area contributed by atoms with Crippen molar-refractivity contribution in [3.63, 3.8) is 0 Å². The Bertz CT molecular complexity index is 159. The summed E-state index contributed by atoms with van der Waals surface area (Å²) >= 11 is 0. The van der Waals surface area contributed by atoms with Gasteiger partial charge < -0.3 is 5.11 Å². The maximum atomic E-state index is 10.5. The SMILES string of the molecule is CC/C(=C\C(C)CC)C(=O)O. The van der Waals surface area contributed by atoms with Crippen molar-refractivity contribution in [2.45, 2.75) is 33.6 Å². The molecule has 0 aromatic heterocycles. The van der Waals surface area contributed by atoms with Gasteiger partial charge in [-0.2, -0.15) is 0 Å². The summed E-state index contributed by atoms with van der Waals surface area (Å²) in [7, 11) is 0. The second kappa shape index (κ2) is 4.94. The zero-order chi connectivity index (χ0) is 8.85. The Kier molecular flexibility index (Phi) is 4.59. The van der Waals surface area contributed by atoms with E-state index in [0.717, 1.165) is 6.42 Å². The van der Waals surface area contributed by atoms with Gasteiger partial charge in [-0.05, 0) is 12.3 Å². The lowest BCUT2D eigenvalue weighted by Crippen LogP contribution is -2.01. The van der Waals surface area contributed by atoms with Crippen LogP contribution in [0.15, 0.2) is 11.6 Å². The lowest BCUT2D eigenvalue weighted by molar-refractivity contribution is -0.132. The molecule has 0 aromatic rings. The van der Waals surface area contributed by atoms with Crippen LogP contribution in [0.2, 0.25) is 0 Å². The summed E-state index contributed by atoms with van der Waals surface area (Å²) in [6, 6.07) is 0. The number of carbonyl (C=O) groups is 1. The van der Waals surface area contributed by atoms with Crippen molar-refractivity contribution in [2.75, 3.05) is 0 Å². The Balaban J connectivity index is 4.22. The van der Waals surface area contributed by atoms with Gasteiger partial charge in [0.25, 0.3) is 0 Å². The second-order valence-electron chi connectivity index (χ2n) is 2.74. The molecule has 0 saturated carbocycles. The van der Waals surface area contributed by atoms with Gasteiger partial charge in [-0.1, -0.05) is 33.3 Å². The molecular weight excluding hydrogens is 140 g/mol. The first kappa shape index (κ1) is 10.2. The number of carboxylic acid groups (broad SMARTS) is 1. The van der Waals surface area contributed by atoms with Gasteiger partial charge in [-0.15, -0.1) is 0 Å². The lowest BCUT2D eigenvalue weighted by atomic mass is 10.0. The van der Waals surface area contributed by atoms with E-state index in [1.807, 2.05) is 19.9 Å². The second-order valence-corrected chi connectivity index (χ2v) is 2.74. The largest absolute Gasteiger partial charge is 0.478 e. The van der Waals surface area contributed by atoms with Crippen LogP contribution in [0.25, 0.3) is 0 Å². The topological polar surface area (TPSA) is 37.3 Å². The first-order chi connectivity index (χ1) is 5.11. The predicted octanol–water partition coefficient (Wildman–Crippen LogP) is 2.45. The highest BCUT2D eigenvalue weighted by molar-refractivity contribution is 5.86. The number of allylic oxidation sites excluding steroid dienone is 1. The molecule has 0 aliphatic carbocycles. The van der Waals surface area contributed by atoms with Gasteiger partial charge in [0.05, 0.1) is 0 Å². The van der Waals surface area contributed by atoms with Crippen LogP contribution in [-0.4, -0.2) is 11.1 Å². The van der Waals surface area contributed by atoms with Crippen molar-refractivity contribution in [1.29, 1.82) is 0 Å². The van der Waals surface area contributed by atoms with Crippen LogP contribution in [0.3, 0.4) is 0 Å². The van der Waals surface area contributed by atoms with Crippen molar-refractivity contribution in [3.8, 4) is 0 Å². The Morgan fingerprint density at radius 3 is 2.36 bits per heavy atom. The van der Waals surface area contributed by atoms with Gasteiger partial charge in [0.2, 0.25) is 0 Å². The number of hydrogen-bond acceptors (Lipinski definition) is 1. The van der Waals surface area contributed by atoms with Gasteiger partial charge in [-0.3, -0.25) is 0 Å². The van der Waals surface area contributed by atoms with E-state index in [4.69, 9.17) is 5.11 Å². The van der Waals surface area contributed by atoms with Crippen LogP contribution < -0.4 is 0 Å². The lowest BCUT2D eigenvalue weighted by Gasteiger charge is -2.03. The van der Waals surface area contributed by atoms with E-state index in [1.54, 1.807) is 0 Å². The summed E-state index contributed by atoms with van der Waals surface area (Å²) in [4.78, 5) is 10.5. The summed E-state index contributed by atoms with van der Waals surface area (Å²) in [6.07, 6.45) is 3.44. The van der Waals surface area contributed by atoms with Crippen LogP contribution in [0.1, 0.15) is 33.6 Å². The van der Waals surface area contributed by atoms with Crippen molar-refractivity contribution in [3.05, 3.63) is 11.6 Å². The first-order valence-electron chi connectivity index (χ1n) is 4.05. The molecule has 2 nitrogen and oxygen atoms in total. The minimum atomic E-state index is -0.784. The van der Waals surface area contributed by atoms with Crippen molar-refractivity contribution in [1.82, 2.24) is 0 Å². The highest BCUT2D eigenvalue weighted by atomic mass is 16.4. The molecule has 0 spiro atoms. The third-order valence-corrected chi connectivity index (χ3v) is 1.79. The molecule has 11 heavy (non-hydrogen) atoms. The third-order valence-electron chi connectivity index (χ3n) is 1.79. The fourth-order valence-electron chi connectivity index (χ4n) is 0.802. The predicted molar refractivity (Wildman–Crippen MR) is 45.5 cm³/mol. The van der Waals surface area contributed by atoms with E-state index in [-0.39, 0.29) is 0 Å². The van der Waals surface area contributed by atoms with Crippen molar-refractivity contribution < 1.29 is 9.90 Å². The standard InChI is InChI=1S/C9H16O2/c1-4-7(3)6-8(5-2)9(10)11/h6-7H,4-5H2,1-3H3,(H,10,11)/b8-6+. The molecule has 1 unspecified atom stereocenters. The van der Waals surface area contributed by atoms with Crippen molar-refractivity contribution in [2.24, 2.45) is 5.92 Å². The number of hydrogen-bond donors (Lipinski definition) is 1. The molecule has 0 saturated heterocycles. The third kappa shape index (κ3) is 3.81. The molecule has 0 amide bonds. The summed E-state index contributed by atoms with van der Waals surface area (Å²) in [5.41, 5.74) is 0.527. The number of carboxylic acids is 1. The zero-order valence-corrected chi connectivity index (χ0v) is 7.42. The highest BCUT2D eigenvalue weighted by Gasteiger charge is 2.05. The molecule has 0 aliphatic rings. The van der Waals surface area contributed by atoms with E-state index < -0.39 is 5.97 Å². The average molecular weight is 156 g/mol. The summed E-state index contributed by atoms with van der Waals surface area (Å²) in [5.74, 6) is -0.408.